The molecule has 1 saturated carbocycles. The zero-order valence-corrected chi connectivity index (χ0v) is 23.1. The Bertz CT molecular complexity index is 861. The molecule has 0 aliphatic heterocycles. The topological polar surface area (TPSA) is 0 Å². The molecule has 2 aromatic carbocycles. The Morgan fingerprint density at radius 1 is 0.583 bits per heavy atom. The highest BCUT2D eigenvalue weighted by atomic mass is 19.2. The highest BCUT2D eigenvalue weighted by Crippen LogP contribution is 2.35. The van der Waals surface area contributed by atoms with Crippen LogP contribution in [0.15, 0.2) is 36.4 Å². The average molecular weight is 497 g/mol. The van der Waals surface area contributed by atoms with E-state index in [9.17, 15) is 4.39 Å². The smallest absolute Gasteiger partial charge is 0.166 e. The molecule has 1 aliphatic rings. The van der Waals surface area contributed by atoms with Crippen molar-refractivity contribution in [3.05, 3.63) is 59.2 Å². The molecule has 0 N–H and O–H groups in total. The van der Waals surface area contributed by atoms with E-state index in [1.165, 1.54) is 102 Å². The zero-order chi connectivity index (χ0) is 25.6. The van der Waals surface area contributed by atoms with Gasteiger partial charge >= 0.3 is 0 Å². The standard InChI is InChI=1S/C34H50F2/c1-3-5-7-9-11-13-27-15-17-29(18-16-27)21-24-31-25-26-32(34(36)33(31)35)30-22-19-28(20-23-30)14-12-10-8-6-4-2/h19-20,22-23,25-27,29H,3-18,21,24H2,1-2H3. The molecule has 1 aliphatic carbocycles. The lowest BCUT2D eigenvalue weighted by molar-refractivity contribution is 0.248. The van der Waals surface area contributed by atoms with Crippen molar-refractivity contribution in [3.63, 3.8) is 0 Å². The summed E-state index contributed by atoms with van der Waals surface area (Å²) in [5.74, 6) is 0.224. The van der Waals surface area contributed by atoms with Gasteiger partial charge in [0.05, 0.1) is 0 Å². The van der Waals surface area contributed by atoms with Gasteiger partial charge in [0.1, 0.15) is 0 Å². The third kappa shape index (κ3) is 9.31. The van der Waals surface area contributed by atoms with E-state index in [4.69, 9.17) is 0 Å². The van der Waals surface area contributed by atoms with Gasteiger partial charge < -0.3 is 0 Å². The van der Waals surface area contributed by atoms with Crippen molar-refractivity contribution in [3.8, 4) is 11.1 Å². The predicted octanol–water partition coefficient (Wildman–Crippen LogP) is 11.2. The summed E-state index contributed by atoms with van der Waals surface area (Å²) in [6.45, 7) is 4.50. The molecule has 0 saturated heterocycles. The van der Waals surface area contributed by atoms with E-state index < -0.39 is 11.6 Å². The third-order valence-electron chi connectivity index (χ3n) is 8.50. The molecule has 0 atom stereocenters. The molecule has 2 aromatic rings. The predicted molar refractivity (Wildman–Crippen MR) is 151 cm³/mol. The number of rotatable bonds is 16. The maximum atomic E-state index is 15.0. The molecule has 0 nitrogen and oxygen atoms in total. The second-order valence-corrected chi connectivity index (χ2v) is 11.4. The van der Waals surface area contributed by atoms with Crippen LogP contribution in [0.2, 0.25) is 0 Å². The van der Waals surface area contributed by atoms with Crippen LogP contribution in [-0.4, -0.2) is 0 Å². The first kappa shape index (κ1) is 28.9. The van der Waals surface area contributed by atoms with Crippen LogP contribution < -0.4 is 0 Å². The van der Waals surface area contributed by atoms with E-state index >= 15 is 4.39 Å². The summed E-state index contributed by atoms with van der Waals surface area (Å²) in [5, 5.41) is 0. The molecule has 0 radical (unpaired) electrons. The van der Waals surface area contributed by atoms with Crippen LogP contribution in [0.25, 0.3) is 11.1 Å². The number of hydrogen-bond donors (Lipinski definition) is 0. The molecule has 0 unspecified atom stereocenters. The van der Waals surface area contributed by atoms with Crippen LogP contribution in [-0.2, 0) is 12.8 Å². The first-order valence-corrected chi connectivity index (χ1v) is 15.2. The molecular weight excluding hydrogens is 446 g/mol. The van der Waals surface area contributed by atoms with Gasteiger partial charge in [0.2, 0.25) is 0 Å². The fourth-order valence-corrected chi connectivity index (χ4v) is 5.99. The van der Waals surface area contributed by atoms with E-state index in [2.05, 4.69) is 26.0 Å². The molecule has 200 valence electrons. The van der Waals surface area contributed by atoms with Crippen LogP contribution in [0, 0.1) is 23.5 Å². The summed E-state index contributed by atoms with van der Waals surface area (Å²) < 4.78 is 30.0. The number of aryl methyl sites for hydroxylation is 2. The largest absolute Gasteiger partial charge is 0.203 e. The first-order chi connectivity index (χ1) is 17.6. The van der Waals surface area contributed by atoms with Crippen LogP contribution in [0.1, 0.15) is 128 Å². The maximum absolute atomic E-state index is 15.0. The monoisotopic (exact) mass is 496 g/mol. The molecule has 0 amide bonds. The number of halogens is 2. The second-order valence-electron chi connectivity index (χ2n) is 11.4. The summed E-state index contributed by atoms with van der Waals surface area (Å²) in [6.07, 6.45) is 22.4. The lowest BCUT2D eigenvalue weighted by Gasteiger charge is -2.28. The molecular formula is C34H50F2. The SMILES string of the molecule is CCCCCCCc1ccc(-c2ccc(CCC3CCC(CCCCCCC)CC3)c(F)c2F)cc1. The Kier molecular flexibility index (Phi) is 13.0. The number of unbranched alkanes of at least 4 members (excludes halogenated alkanes) is 8. The van der Waals surface area contributed by atoms with Gasteiger partial charge in [0, 0.05) is 5.56 Å². The molecule has 1 fully saturated rings. The molecule has 0 spiro atoms. The van der Waals surface area contributed by atoms with Gasteiger partial charge in [-0.1, -0.05) is 140 Å². The maximum Gasteiger partial charge on any atom is 0.166 e. The van der Waals surface area contributed by atoms with Gasteiger partial charge in [-0.05, 0) is 54.2 Å². The second kappa shape index (κ2) is 16.2. The van der Waals surface area contributed by atoms with Crippen molar-refractivity contribution in [2.24, 2.45) is 11.8 Å². The normalized spacial score (nSPS) is 18.0. The first-order valence-electron chi connectivity index (χ1n) is 15.2. The summed E-state index contributed by atoms with van der Waals surface area (Å²) >= 11 is 0. The lowest BCUT2D eigenvalue weighted by Crippen LogP contribution is -2.15. The summed E-state index contributed by atoms with van der Waals surface area (Å²) in [7, 11) is 0. The molecule has 0 bridgehead atoms. The average Bonchev–Trinajstić information content (AvgIpc) is 2.90. The number of benzene rings is 2. The Hall–Kier alpha value is -1.70. The minimum absolute atomic E-state index is 0.380. The van der Waals surface area contributed by atoms with E-state index in [-0.39, 0.29) is 0 Å². The third-order valence-corrected chi connectivity index (χ3v) is 8.50. The number of hydrogen-bond acceptors (Lipinski definition) is 0. The van der Waals surface area contributed by atoms with E-state index in [1.54, 1.807) is 6.07 Å². The Morgan fingerprint density at radius 2 is 1.17 bits per heavy atom. The van der Waals surface area contributed by atoms with Crippen molar-refractivity contribution >= 4 is 0 Å². The molecule has 0 heterocycles. The lowest BCUT2D eigenvalue weighted by atomic mass is 9.77. The Morgan fingerprint density at radius 3 is 1.81 bits per heavy atom. The van der Waals surface area contributed by atoms with Gasteiger partial charge in [0.25, 0.3) is 0 Å². The van der Waals surface area contributed by atoms with Gasteiger partial charge in [-0.2, -0.15) is 0 Å². The Labute approximate surface area is 220 Å². The molecule has 3 rings (SSSR count). The highest BCUT2D eigenvalue weighted by Gasteiger charge is 2.22. The summed E-state index contributed by atoms with van der Waals surface area (Å²) in [4.78, 5) is 0. The summed E-state index contributed by atoms with van der Waals surface area (Å²) in [5.41, 5.74) is 2.96. The minimum atomic E-state index is -0.688. The minimum Gasteiger partial charge on any atom is -0.203 e. The molecule has 0 aromatic heterocycles. The van der Waals surface area contributed by atoms with Crippen LogP contribution in [0.4, 0.5) is 8.78 Å². The van der Waals surface area contributed by atoms with Gasteiger partial charge in [-0.3, -0.25) is 0 Å². The van der Waals surface area contributed by atoms with Gasteiger partial charge in [-0.25, -0.2) is 8.78 Å². The summed E-state index contributed by atoms with van der Waals surface area (Å²) in [6, 6.07) is 11.6. The Balaban J connectivity index is 1.44. The van der Waals surface area contributed by atoms with Crippen molar-refractivity contribution in [2.75, 3.05) is 0 Å². The van der Waals surface area contributed by atoms with Crippen LogP contribution in [0.3, 0.4) is 0 Å². The quantitative estimate of drug-likeness (QED) is 0.203. The van der Waals surface area contributed by atoms with Crippen LogP contribution >= 0.6 is 0 Å². The van der Waals surface area contributed by atoms with Crippen molar-refractivity contribution in [2.45, 2.75) is 129 Å². The van der Waals surface area contributed by atoms with E-state index in [0.717, 1.165) is 24.3 Å². The molecule has 2 heteroatoms. The van der Waals surface area contributed by atoms with Crippen LogP contribution in [0.5, 0.6) is 0 Å². The fourth-order valence-electron chi connectivity index (χ4n) is 5.99. The van der Waals surface area contributed by atoms with E-state index in [1.807, 2.05) is 18.2 Å². The van der Waals surface area contributed by atoms with E-state index in [0.29, 0.717) is 23.5 Å². The highest BCUT2D eigenvalue weighted by molar-refractivity contribution is 5.65. The van der Waals surface area contributed by atoms with Gasteiger partial charge in [-0.15, -0.1) is 0 Å². The fraction of sp³-hybridized carbons (Fsp3) is 0.647. The van der Waals surface area contributed by atoms with Crippen molar-refractivity contribution in [1.29, 1.82) is 0 Å². The van der Waals surface area contributed by atoms with Crippen molar-refractivity contribution < 1.29 is 8.78 Å². The molecule has 36 heavy (non-hydrogen) atoms. The zero-order valence-electron chi connectivity index (χ0n) is 23.1. The van der Waals surface area contributed by atoms with Gasteiger partial charge in [0.15, 0.2) is 11.6 Å². The van der Waals surface area contributed by atoms with Crippen molar-refractivity contribution in [1.82, 2.24) is 0 Å².